The molecule has 0 bridgehead atoms. The minimum Gasteiger partial charge on any atom is -0.342 e. The Hall–Kier alpha value is -0.870. The molecule has 0 saturated carbocycles. The van der Waals surface area contributed by atoms with Crippen molar-refractivity contribution in [2.75, 3.05) is 19.6 Å². The maximum atomic E-state index is 12.1. The third-order valence-corrected chi connectivity index (χ3v) is 4.11. The Bertz CT molecular complexity index is 430. The SMILES string of the molecule is C[C@@H](NCC(=O)N1CCCCC1)c1cccc(Br)c1. The first-order chi connectivity index (χ1) is 9.16. The number of nitrogens with zero attached hydrogens (tertiary/aromatic N) is 1. The second-order valence-electron chi connectivity index (χ2n) is 5.10. The van der Waals surface area contributed by atoms with Gasteiger partial charge in [0.1, 0.15) is 0 Å². The summed E-state index contributed by atoms with van der Waals surface area (Å²) in [5.41, 5.74) is 1.20. The zero-order valence-electron chi connectivity index (χ0n) is 11.4. The molecule has 0 aliphatic carbocycles. The van der Waals surface area contributed by atoms with Crippen molar-refractivity contribution in [1.82, 2.24) is 10.2 Å². The molecule has 1 aromatic rings. The molecule has 1 aliphatic heterocycles. The largest absolute Gasteiger partial charge is 0.342 e. The predicted molar refractivity (Wildman–Crippen MR) is 81.0 cm³/mol. The number of halogens is 1. The van der Waals surface area contributed by atoms with Crippen molar-refractivity contribution < 1.29 is 4.79 Å². The number of hydrogen-bond donors (Lipinski definition) is 1. The van der Waals surface area contributed by atoms with E-state index in [4.69, 9.17) is 0 Å². The van der Waals surface area contributed by atoms with E-state index in [0.29, 0.717) is 6.54 Å². The van der Waals surface area contributed by atoms with E-state index in [-0.39, 0.29) is 11.9 Å². The predicted octanol–water partition coefficient (Wildman–Crippen LogP) is 3.11. The van der Waals surface area contributed by atoms with Gasteiger partial charge in [0.05, 0.1) is 6.54 Å². The van der Waals surface area contributed by atoms with Gasteiger partial charge in [-0.15, -0.1) is 0 Å². The van der Waals surface area contributed by atoms with Crippen LogP contribution in [0.2, 0.25) is 0 Å². The minimum absolute atomic E-state index is 0.186. The molecule has 1 atom stereocenters. The lowest BCUT2D eigenvalue weighted by Crippen LogP contribution is -2.41. The number of hydrogen-bond acceptors (Lipinski definition) is 2. The highest BCUT2D eigenvalue weighted by Gasteiger charge is 2.16. The first kappa shape index (κ1) is 14.5. The van der Waals surface area contributed by atoms with Crippen LogP contribution in [-0.4, -0.2) is 30.4 Å². The normalized spacial score (nSPS) is 17.3. The molecular weight excluding hydrogens is 304 g/mol. The highest BCUT2D eigenvalue weighted by molar-refractivity contribution is 9.10. The molecule has 1 fully saturated rings. The van der Waals surface area contributed by atoms with Gasteiger partial charge in [0.15, 0.2) is 0 Å². The molecular formula is C15H21BrN2O. The topological polar surface area (TPSA) is 32.3 Å². The van der Waals surface area contributed by atoms with Crippen molar-refractivity contribution in [2.45, 2.75) is 32.2 Å². The summed E-state index contributed by atoms with van der Waals surface area (Å²) in [4.78, 5) is 14.0. The highest BCUT2D eigenvalue weighted by atomic mass is 79.9. The third-order valence-electron chi connectivity index (χ3n) is 3.62. The molecule has 3 nitrogen and oxygen atoms in total. The van der Waals surface area contributed by atoms with E-state index in [0.717, 1.165) is 30.4 Å². The van der Waals surface area contributed by atoms with Gasteiger partial charge in [-0.3, -0.25) is 4.79 Å². The Morgan fingerprint density at radius 2 is 2.11 bits per heavy atom. The Labute approximate surface area is 123 Å². The quantitative estimate of drug-likeness (QED) is 0.922. The molecule has 0 spiro atoms. The van der Waals surface area contributed by atoms with Crippen LogP contribution in [0.3, 0.4) is 0 Å². The van der Waals surface area contributed by atoms with Crippen LogP contribution < -0.4 is 5.32 Å². The van der Waals surface area contributed by atoms with Crippen molar-refractivity contribution in [3.8, 4) is 0 Å². The summed E-state index contributed by atoms with van der Waals surface area (Å²) in [5, 5.41) is 3.31. The fourth-order valence-electron chi connectivity index (χ4n) is 2.39. The van der Waals surface area contributed by atoms with E-state index in [1.807, 2.05) is 17.0 Å². The summed E-state index contributed by atoms with van der Waals surface area (Å²) < 4.78 is 1.07. The molecule has 1 N–H and O–H groups in total. The molecule has 2 rings (SSSR count). The van der Waals surface area contributed by atoms with Crippen LogP contribution in [0, 0.1) is 0 Å². The monoisotopic (exact) mass is 324 g/mol. The summed E-state index contributed by atoms with van der Waals surface area (Å²) in [6, 6.07) is 8.38. The number of carbonyl (C=O) groups is 1. The summed E-state index contributed by atoms with van der Waals surface area (Å²) in [6.45, 7) is 4.36. The Morgan fingerprint density at radius 3 is 2.79 bits per heavy atom. The van der Waals surface area contributed by atoms with Crippen LogP contribution in [0.15, 0.2) is 28.7 Å². The zero-order chi connectivity index (χ0) is 13.7. The van der Waals surface area contributed by atoms with Crippen molar-refractivity contribution in [1.29, 1.82) is 0 Å². The fourth-order valence-corrected chi connectivity index (χ4v) is 2.81. The van der Waals surface area contributed by atoms with Crippen molar-refractivity contribution in [3.05, 3.63) is 34.3 Å². The van der Waals surface area contributed by atoms with Gasteiger partial charge in [-0.1, -0.05) is 28.1 Å². The lowest BCUT2D eigenvalue weighted by molar-refractivity contribution is -0.131. The smallest absolute Gasteiger partial charge is 0.236 e. The number of carbonyl (C=O) groups excluding carboxylic acids is 1. The van der Waals surface area contributed by atoms with Crippen LogP contribution in [0.1, 0.15) is 37.8 Å². The summed E-state index contributed by atoms with van der Waals surface area (Å²) >= 11 is 3.47. The average molecular weight is 325 g/mol. The second-order valence-corrected chi connectivity index (χ2v) is 6.01. The van der Waals surface area contributed by atoms with Crippen molar-refractivity contribution in [2.24, 2.45) is 0 Å². The Kier molecular flexibility index (Phi) is 5.40. The molecule has 1 aliphatic rings. The van der Waals surface area contributed by atoms with Crippen molar-refractivity contribution >= 4 is 21.8 Å². The summed E-state index contributed by atoms with van der Waals surface area (Å²) in [7, 11) is 0. The van der Waals surface area contributed by atoms with E-state index in [1.54, 1.807) is 0 Å². The van der Waals surface area contributed by atoms with E-state index < -0.39 is 0 Å². The molecule has 1 aromatic carbocycles. The Morgan fingerprint density at radius 1 is 1.37 bits per heavy atom. The average Bonchev–Trinajstić information content (AvgIpc) is 2.45. The van der Waals surface area contributed by atoms with Crippen LogP contribution in [0.4, 0.5) is 0 Å². The van der Waals surface area contributed by atoms with Crippen LogP contribution >= 0.6 is 15.9 Å². The minimum atomic E-state index is 0.186. The molecule has 1 amide bonds. The van der Waals surface area contributed by atoms with Gasteiger partial charge in [0, 0.05) is 23.6 Å². The fraction of sp³-hybridized carbons (Fsp3) is 0.533. The van der Waals surface area contributed by atoms with Crippen molar-refractivity contribution in [3.63, 3.8) is 0 Å². The highest BCUT2D eigenvalue weighted by Crippen LogP contribution is 2.17. The maximum Gasteiger partial charge on any atom is 0.236 e. The van der Waals surface area contributed by atoms with Gasteiger partial charge in [0.25, 0.3) is 0 Å². The number of benzene rings is 1. The lowest BCUT2D eigenvalue weighted by atomic mass is 10.1. The number of nitrogens with one attached hydrogen (secondary N) is 1. The molecule has 4 heteroatoms. The first-order valence-corrected chi connectivity index (χ1v) is 7.73. The first-order valence-electron chi connectivity index (χ1n) is 6.93. The number of amides is 1. The summed E-state index contributed by atoms with van der Waals surface area (Å²) in [6.07, 6.45) is 3.55. The molecule has 0 radical (unpaired) electrons. The van der Waals surface area contributed by atoms with Gasteiger partial charge in [-0.2, -0.15) is 0 Å². The van der Waals surface area contributed by atoms with E-state index >= 15 is 0 Å². The van der Waals surface area contributed by atoms with Crippen LogP contribution in [0.5, 0.6) is 0 Å². The van der Waals surface area contributed by atoms with Gasteiger partial charge >= 0.3 is 0 Å². The third kappa shape index (κ3) is 4.32. The molecule has 1 saturated heterocycles. The molecule has 0 aromatic heterocycles. The molecule has 0 unspecified atom stereocenters. The van der Waals surface area contributed by atoms with Crippen LogP contribution in [-0.2, 0) is 4.79 Å². The van der Waals surface area contributed by atoms with Gasteiger partial charge in [-0.05, 0) is 43.9 Å². The molecule has 104 valence electrons. The lowest BCUT2D eigenvalue weighted by Gasteiger charge is -2.27. The van der Waals surface area contributed by atoms with E-state index in [2.05, 4.69) is 40.3 Å². The number of likely N-dealkylation sites (tertiary alicyclic amines) is 1. The standard InChI is InChI=1S/C15H21BrN2O/c1-12(13-6-5-7-14(16)10-13)17-11-15(19)18-8-3-2-4-9-18/h5-7,10,12,17H,2-4,8-9,11H2,1H3/t12-/m1/s1. The number of rotatable bonds is 4. The maximum absolute atomic E-state index is 12.1. The van der Waals surface area contributed by atoms with Gasteiger partial charge in [0.2, 0.25) is 5.91 Å². The van der Waals surface area contributed by atoms with Gasteiger partial charge in [-0.25, -0.2) is 0 Å². The van der Waals surface area contributed by atoms with E-state index in [1.165, 1.54) is 12.0 Å². The Balaban J connectivity index is 1.82. The number of piperidine rings is 1. The molecule has 1 heterocycles. The van der Waals surface area contributed by atoms with Crippen LogP contribution in [0.25, 0.3) is 0 Å². The van der Waals surface area contributed by atoms with E-state index in [9.17, 15) is 4.79 Å². The zero-order valence-corrected chi connectivity index (χ0v) is 12.9. The molecule has 19 heavy (non-hydrogen) atoms. The second kappa shape index (κ2) is 7.06. The summed E-state index contributed by atoms with van der Waals surface area (Å²) in [5.74, 6) is 0.224. The van der Waals surface area contributed by atoms with Gasteiger partial charge < -0.3 is 10.2 Å².